The van der Waals surface area contributed by atoms with Crippen molar-refractivity contribution in [2.75, 3.05) is 19.6 Å². The number of carbonyl (C=O) groups excluding carboxylic acids is 2. The van der Waals surface area contributed by atoms with E-state index in [1.165, 1.54) is 0 Å². The fourth-order valence-corrected chi connectivity index (χ4v) is 4.46. The molecule has 0 fully saturated rings. The number of carboxylic acid groups (broad SMARTS) is 1. The van der Waals surface area contributed by atoms with E-state index < -0.39 is 30.1 Å². The van der Waals surface area contributed by atoms with Gasteiger partial charge in [0.25, 0.3) is 0 Å². The van der Waals surface area contributed by atoms with Gasteiger partial charge >= 0.3 is 5.97 Å². The van der Waals surface area contributed by atoms with E-state index in [9.17, 15) is 24.6 Å². The fraction of sp³-hybridized carbons (Fsp3) is 0.462. The molecular weight excluding hydrogens is 492 g/mol. The summed E-state index contributed by atoms with van der Waals surface area (Å²) in [6, 6.07) is 3.22. The number of furan rings is 1. The van der Waals surface area contributed by atoms with E-state index in [0.717, 1.165) is 16.5 Å². The Hall–Kier alpha value is -3.90. The van der Waals surface area contributed by atoms with Crippen molar-refractivity contribution < 1.29 is 29.0 Å². The summed E-state index contributed by atoms with van der Waals surface area (Å²) in [5, 5.41) is 33.8. The maximum atomic E-state index is 12.5. The molecule has 2 heterocycles. The number of nitrogens with two attached hydrogens (primary N) is 2. The summed E-state index contributed by atoms with van der Waals surface area (Å²) < 4.78 is 5.86. The number of rotatable bonds is 12. The second-order valence-electron chi connectivity index (χ2n) is 9.40. The number of hydrogen-bond acceptors (Lipinski definition) is 7. The number of carboxylic acids is 1. The zero-order valence-corrected chi connectivity index (χ0v) is 21.6. The number of nitrogens with zero attached hydrogens (tertiary/aromatic N) is 1. The molecule has 12 heteroatoms. The highest BCUT2D eigenvalue weighted by Gasteiger charge is 2.33. The highest BCUT2D eigenvalue weighted by atomic mass is 16.4. The monoisotopic (exact) mass is 528 g/mol. The summed E-state index contributed by atoms with van der Waals surface area (Å²) in [5.41, 5.74) is 14.5. The zero-order chi connectivity index (χ0) is 28.0. The molecule has 1 aromatic carbocycles. The standard InChI is InChI=1S/C26H36N6O6/c1-3-16-6-4-7-17-14(2)22(38-23(16)17)21(34)20(25(36)37)31-19(33)8-5-10-30-24(35)18(27)12-15-9-11-32(13-15)26(28)29/h4,6-7,9,18,20-21,34H,3,5,8,10-13,27H2,1-2H3,(H3,28,29)(H,30,35)(H,31,33)(H,36,37). The first-order chi connectivity index (χ1) is 18.0. The molecule has 1 aliphatic rings. The Labute approximate surface area is 220 Å². The summed E-state index contributed by atoms with van der Waals surface area (Å²) in [6.07, 6.45) is 1.52. The number of nitrogens with one attached hydrogen (secondary N) is 3. The first-order valence-electron chi connectivity index (χ1n) is 12.5. The summed E-state index contributed by atoms with van der Waals surface area (Å²) in [6.45, 7) is 4.84. The highest BCUT2D eigenvalue weighted by molar-refractivity contribution is 5.87. The lowest BCUT2D eigenvalue weighted by Gasteiger charge is -2.20. The Morgan fingerprint density at radius 2 is 2.03 bits per heavy atom. The van der Waals surface area contributed by atoms with Gasteiger partial charge in [-0.25, -0.2) is 4.79 Å². The van der Waals surface area contributed by atoms with Crippen molar-refractivity contribution in [3.63, 3.8) is 0 Å². The molecule has 1 aromatic heterocycles. The van der Waals surface area contributed by atoms with Crippen molar-refractivity contribution in [1.82, 2.24) is 15.5 Å². The molecule has 12 nitrogen and oxygen atoms in total. The van der Waals surface area contributed by atoms with Gasteiger partial charge in [0.1, 0.15) is 17.4 Å². The van der Waals surface area contributed by atoms with Gasteiger partial charge in [-0.15, -0.1) is 0 Å². The molecule has 0 saturated heterocycles. The summed E-state index contributed by atoms with van der Waals surface area (Å²) in [4.78, 5) is 38.3. The van der Waals surface area contributed by atoms with Gasteiger partial charge in [0, 0.05) is 37.0 Å². The number of aliphatic hydroxyl groups excluding tert-OH is 1. The molecule has 2 aromatic rings. The fourth-order valence-electron chi connectivity index (χ4n) is 4.46. The van der Waals surface area contributed by atoms with Crippen molar-refractivity contribution in [2.24, 2.45) is 11.5 Å². The van der Waals surface area contributed by atoms with Crippen LogP contribution in [0.25, 0.3) is 11.0 Å². The van der Waals surface area contributed by atoms with Crippen LogP contribution in [0.5, 0.6) is 0 Å². The maximum Gasteiger partial charge on any atom is 0.329 e. The van der Waals surface area contributed by atoms with Gasteiger partial charge in [-0.2, -0.15) is 0 Å². The van der Waals surface area contributed by atoms with Crippen molar-refractivity contribution in [1.29, 1.82) is 5.41 Å². The van der Waals surface area contributed by atoms with Crippen molar-refractivity contribution >= 4 is 34.7 Å². The molecule has 0 saturated carbocycles. The first-order valence-corrected chi connectivity index (χ1v) is 12.5. The Balaban J connectivity index is 1.49. The van der Waals surface area contributed by atoms with Gasteiger partial charge in [-0.3, -0.25) is 15.0 Å². The summed E-state index contributed by atoms with van der Waals surface area (Å²) >= 11 is 0. The third-order valence-corrected chi connectivity index (χ3v) is 6.66. The minimum atomic E-state index is -1.61. The average Bonchev–Trinajstić information content (AvgIpc) is 3.49. The second-order valence-corrected chi connectivity index (χ2v) is 9.40. The molecule has 206 valence electrons. The quantitative estimate of drug-likeness (QED) is 0.0891. The molecule has 9 N–H and O–H groups in total. The van der Waals surface area contributed by atoms with Crippen molar-refractivity contribution in [3.05, 3.63) is 46.7 Å². The lowest BCUT2D eigenvalue weighted by Crippen LogP contribution is -2.45. The molecule has 38 heavy (non-hydrogen) atoms. The third-order valence-electron chi connectivity index (χ3n) is 6.66. The van der Waals surface area contributed by atoms with E-state index >= 15 is 0 Å². The van der Waals surface area contributed by atoms with Crippen LogP contribution in [0.15, 0.2) is 34.3 Å². The number of fused-ring (bicyclic) bond motifs is 1. The molecule has 3 rings (SSSR count). The second kappa shape index (κ2) is 12.6. The molecule has 0 aliphatic carbocycles. The van der Waals surface area contributed by atoms with Gasteiger partial charge in [-0.1, -0.05) is 36.8 Å². The molecule has 3 atom stereocenters. The van der Waals surface area contributed by atoms with E-state index in [2.05, 4.69) is 10.6 Å². The molecule has 3 unspecified atom stereocenters. The molecule has 1 aliphatic heterocycles. The molecule has 0 spiro atoms. The van der Waals surface area contributed by atoms with Crippen LogP contribution in [0.4, 0.5) is 0 Å². The van der Waals surface area contributed by atoms with Crippen LogP contribution in [0.3, 0.4) is 0 Å². The topological polar surface area (TPSA) is 208 Å². The van der Waals surface area contributed by atoms with Crippen molar-refractivity contribution in [2.45, 2.75) is 57.7 Å². The lowest BCUT2D eigenvalue weighted by molar-refractivity contribution is -0.145. The normalized spacial score (nSPS) is 15.6. The largest absolute Gasteiger partial charge is 0.480 e. The van der Waals surface area contributed by atoms with E-state index in [1.54, 1.807) is 11.8 Å². The van der Waals surface area contributed by atoms with Gasteiger partial charge in [0.2, 0.25) is 11.8 Å². The Morgan fingerprint density at radius 3 is 2.66 bits per heavy atom. The Kier molecular flexibility index (Phi) is 9.48. The van der Waals surface area contributed by atoms with E-state index in [1.807, 2.05) is 31.2 Å². The van der Waals surface area contributed by atoms with Gasteiger partial charge in [-0.05, 0) is 31.7 Å². The predicted molar refractivity (Wildman–Crippen MR) is 141 cm³/mol. The van der Waals surface area contributed by atoms with E-state index in [-0.39, 0.29) is 37.0 Å². The van der Waals surface area contributed by atoms with Crippen LogP contribution in [-0.4, -0.2) is 70.6 Å². The summed E-state index contributed by atoms with van der Waals surface area (Å²) in [7, 11) is 0. The van der Waals surface area contributed by atoms with E-state index in [4.69, 9.17) is 21.3 Å². The number of benzene rings is 1. The predicted octanol–water partition coefficient (Wildman–Crippen LogP) is 0.656. The number of guanidine groups is 1. The molecule has 0 radical (unpaired) electrons. The van der Waals surface area contributed by atoms with Crippen molar-refractivity contribution in [3.8, 4) is 0 Å². The molecule has 0 bridgehead atoms. The number of aliphatic hydroxyl groups is 1. The van der Waals surface area contributed by atoms with Gasteiger partial charge in [0.05, 0.1) is 6.04 Å². The minimum Gasteiger partial charge on any atom is -0.480 e. The van der Waals surface area contributed by atoms with E-state index in [0.29, 0.717) is 37.1 Å². The minimum absolute atomic E-state index is 0.0384. The number of amides is 2. The van der Waals surface area contributed by atoms with Crippen LogP contribution in [0, 0.1) is 12.3 Å². The lowest BCUT2D eigenvalue weighted by atomic mass is 10.0. The zero-order valence-electron chi connectivity index (χ0n) is 21.6. The smallest absolute Gasteiger partial charge is 0.329 e. The maximum absolute atomic E-state index is 12.5. The first kappa shape index (κ1) is 28.7. The summed E-state index contributed by atoms with van der Waals surface area (Å²) in [5.74, 6) is -2.30. The van der Waals surface area contributed by atoms with Crippen LogP contribution >= 0.6 is 0 Å². The Bertz CT molecular complexity index is 1240. The molecular formula is C26H36N6O6. The molecule has 2 amide bonds. The SMILES string of the molecule is CCc1cccc2c(C)c(C(O)C(NC(=O)CCCNC(=O)C(N)CC3=CCN(C(=N)N)C3)C(=O)O)oc12. The van der Waals surface area contributed by atoms with Gasteiger partial charge < -0.3 is 41.6 Å². The van der Waals surface area contributed by atoms with Crippen LogP contribution < -0.4 is 22.1 Å². The highest BCUT2D eigenvalue weighted by Crippen LogP contribution is 2.33. The number of carbonyl (C=O) groups is 3. The van der Waals surface area contributed by atoms with Crippen LogP contribution in [-0.2, 0) is 20.8 Å². The third kappa shape index (κ3) is 6.69. The number of aryl methyl sites for hydroxylation is 2. The van der Waals surface area contributed by atoms with Crippen LogP contribution in [0.1, 0.15) is 49.2 Å². The average molecular weight is 529 g/mol. The van der Waals surface area contributed by atoms with Gasteiger partial charge in [0.15, 0.2) is 12.0 Å². The number of para-hydroxylation sites is 1. The Morgan fingerprint density at radius 1 is 1.29 bits per heavy atom. The van der Waals surface area contributed by atoms with Crippen LogP contribution in [0.2, 0.25) is 0 Å². The number of hydrogen-bond donors (Lipinski definition) is 7. The number of aliphatic carboxylic acids is 1.